The van der Waals surface area contributed by atoms with Crippen molar-refractivity contribution in [3.05, 3.63) is 28.2 Å². The van der Waals surface area contributed by atoms with E-state index >= 15 is 0 Å². The van der Waals surface area contributed by atoms with Gasteiger partial charge in [-0.3, -0.25) is 0 Å². The van der Waals surface area contributed by atoms with Gasteiger partial charge < -0.3 is 4.72 Å². The summed E-state index contributed by atoms with van der Waals surface area (Å²) in [7, 11) is -0.967. The molecule has 0 spiro atoms. The topological polar surface area (TPSA) is 29.1 Å². The average molecular weight is 262 g/mol. The first-order chi connectivity index (χ1) is 6.15. The molecule has 1 aromatic carbocycles. The molecule has 1 unspecified atom stereocenters. The molecule has 0 radical (unpaired) electrons. The van der Waals surface area contributed by atoms with Gasteiger partial charge in [0.2, 0.25) is 0 Å². The van der Waals surface area contributed by atoms with Crippen molar-refractivity contribution in [1.29, 1.82) is 0 Å². The molecule has 0 amide bonds. The molecule has 0 aliphatic heterocycles. The fourth-order valence-corrected chi connectivity index (χ4v) is 1.89. The maximum Gasteiger partial charge on any atom is 0.116 e. The van der Waals surface area contributed by atoms with Gasteiger partial charge in [-0.2, -0.15) is 0 Å². The van der Waals surface area contributed by atoms with Crippen LogP contribution in [0.15, 0.2) is 22.7 Å². The number of hydrogen-bond donors (Lipinski definition) is 1. The fraction of sp³-hybridized carbons (Fsp3) is 0.333. The first kappa shape index (κ1) is 10.7. The van der Waals surface area contributed by atoms with Gasteiger partial charge in [0, 0.05) is 10.2 Å². The predicted octanol–water partition coefficient (Wildman–Crippen LogP) is 2.85. The summed E-state index contributed by atoms with van der Waals surface area (Å²) in [5.41, 5.74) is 2.01. The highest BCUT2D eigenvalue weighted by molar-refractivity contribution is 9.10. The second-order valence-electron chi connectivity index (χ2n) is 2.65. The number of halogens is 1. The lowest BCUT2D eigenvalue weighted by atomic mass is 10.2. The first-order valence-electron chi connectivity index (χ1n) is 4.05. The molecule has 0 aliphatic rings. The third-order valence-corrected chi connectivity index (χ3v) is 3.58. The van der Waals surface area contributed by atoms with Crippen molar-refractivity contribution in [2.75, 3.05) is 10.5 Å². The van der Waals surface area contributed by atoms with Gasteiger partial charge in [-0.1, -0.05) is 28.9 Å². The molecule has 0 bridgehead atoms. The molecule has 13 heavy (non-hydrogen) atoms. The normalized spacial score (nSPS) is 12.5. The van der Waals surface area contributed by atoms with Crippen LogP contribution >= 0.6 is 15.9 Å². The second-order valence-corrected chi connectivity index (χ2v) is 4.98. The Bertz CT molecular complexity index is 327. The minimum absolute atomic E-state index is 0.617. The van der Waals surface area contributed by atoms with E-state index in [0.717, 1.165) is 15.7 Å². The molecular formula is C9H12BrNOS. The highest BCUT2D eigenvalue weighted by Gasteiger charge is 2.02. The van der Waals surface area contributed by atoms with E-state index in [1.54, 1.807) is 0 Å². The third-order valence-electron chi connectivity index (χ3n) is 1.75. The maximum atomic E-state index is 11.2. The lowest BCUT2D eigenvalue weighted by Crippen LogP contribution is -2.07. The minimum atomic E-state index is -0.967. The van der Waals surface area contributed by atoms with E-state index in [-0.39, 0.29) is 0 Å². The van der Waals surface area contributed by atoms with Crippen molar-refractivity contribution in [2.45, 2.75) is 13.8 Å². The van der Waals surface area contributed by atoms with Gasteiger partial charge in [-0.25, -0.2) is 4.21 Å². The van der Waals surface area contributed by atoms with E-state index in [1.165, 1.54) is 0 Å². The third kappa shape index (κ3) is 2.81. The highest BCUT2D eigenvalue weighted by atomic mass is 79.9. The molecule has 1 atom stereocenters. The number of hydrogen-bond acceptors (Lipinski definition) is 1. The monoisotopic (exact) mass is 261 g/mol. The second kappa shape index (κ2) is 4.77. The van der Waals surface area contributed by atoms with Crippen molar-refractivity contribution in [3.8, 4) is 0 Å². The van der Waals surface area contributed by atoms with Crippen molar-refractivity contribution >= 4 is 32.6 Å². The zero-order valence-corrected chi connectivity index (χ0v) is 10.0. The number of anilines is 1. The predicted molar refractivity (Wildman–Crippen MR) is 61.2 cm³/mol. The number of nitrogens with one attached hydrogen (secondary N) is 1. The lowest BCUT2D eigenvalue weighted by molar-refractivity contribution is 0.687. The number of benzene rings is 1. The fourth-order valence-electron chi connectivity index (χ4n) is 0.913. The average Bonchev–Trinajstić information content (AvgIpc) is 2.13. The molecule has 1 rings (SSSR count). The summed E-state index contributed by atoms with van der Waals surface area (Å²) in [6, 6.07) is 5.81. The summed E-state index contributed by atoms with van der Waals surface area (Å²) in [6.45, 7) is 3.87. The van der Waals surface area contributed by atoms with E-state index < -0.39 is 11.0 Å². The van der Waals surface area contributed by atoms with Crippen LogP contribution in [0.5, 0.6) is 0 Å². The maximum absolute atomic E-state index is 11.2. The van der Waals surface area contributed by atoms with Gasteiger partial charge >= 0.3 is 0 Å². The molecule has 0 fully saturated rings. The van der Waals surface area contributed by atoms with Crippen molar-refractivity contribution < 1.29 is 4.21 Å². The molecule has 0 saturated carbocycles. The molecule has 0 aromatic heterocycles. The zero-order chi connectivity index (χ0) is 9.84. The summed E-state index contributed by atoms with van der Waals surface area (Å²) in [6.07, 6.45) is 0. The molecule has 1 aromatic rings. The van der Waals surface area contributed by atoms with Crippen LogP contribution in [0.25, 0.3) is 0 Å². The van der Waals surface area contributed by atoms with E-state index in [4.69, 9.17) is 0 Å². The van der Waals surface area contributed by atoms with Gasteiger partial charge in [0.25, 0.3) is 0 Å². The standard InChI is InChI=1S/C9H12BrNOS/c1-3-13(12)11-9-6-4-5-8(10)7(9)2/h4-6,11H,3H2,1-2H3. The van der Waals surface area contributed by atoms with Gasteiger partial charge in [-0.05, 0) is 24.6 Å². The Labute approximate surface area is 89.5 Å². The Morgan fingerprint density at radius 1 is 1.54 bits per heavy atom. The smallest absolute Gasteiger partial charge is 0.116 e. The Kier molecular flexibility index (Phi) is 3.93. The molecule has 0 aliphatic carbocycles. The van der Waals surface area contributed by atoms with Gasteiger partial charge in [0.1, 0.15) is 11.0 Å². The Morgan fingerprint density at radius 2 is 2.23 bits per heavy atom. The molecule has 0 saturated heterocycles. The van der Waals surface area contributed by atoms with Gasteiger partial charge in [0.15, 0.2) is 0 Å². The van der Waals surface area contributed by atoms with Crippen molar-refractivity contribution in [3.63, 3.8) is 0 Å². The Morgan fingerprint density at radius 3 is 2.85 bits per heavy atom. The van der Waals surface area contributed by atoms with Crippen LogP contribution in [0, 0.1) is 6.92 Å². The van der Waals surface area contributed by atoms with Crippen LogP contribution in [-0.4, -0.2) is 9.96 Å². The molecule has 0 heterocycles. The van der Waals surface area contributed by atoms with E-state index in [2.05, 4.69) is 20.7 Å². The molecule has 72 valence electrons. The summed E-state index contributed by atoms with van der Waals surface area (Å²) in [5, 5.41) is 0. The molecule has 1 N–H and O–H groups in total. The summed E-state index contributed by atoms with van der Waals surface area (Å²) >= 11 is 3.42. The van der Waals surface area contributed by atoms with E-state index in [9.17, 15) is 4.21 Å². The zero-order valence-electron chi connectivity index (χ0n) is 7.63. The van der Waals surface area contributed by atoms with Crippen LogP contribution in [0.3, 0.4) is 0 Å². The Hall–Kier alpha value is -0.350. The number of rotatable bonds is 3. The SMILES string of the molecule is CCS(=O)Nc1cccc(Br)c1C. The van der Waals surface area contributed by atoms with Gasteiger partial charge in [-0.15, -0.1) is 0 Å². The summed E-state index contributed by atoms with van der Waals surface area (Å²) < 4.78 is 15.2. The van der Waals surface area contributed by atoms with Crippen LogP contribution in [-0.2, 0) is 11.0 Å². The summed E-state index contributed by atoms with van der Waals surface area (Å²) in [5.74, 6) is 0.617. The Balaban J connectivity index is 2.89. The molecule has 2 nitrogen and oxygen atoms in total. The first-order valence-corrected chi connectivity index (χ1v) is 6.16. The quantitative estimate of drug-likeness (QED) is 0.891. The minimum Gasteiger partial charge on any atom is -0.305 e. The lowest BCUT2D eigenvalue weighted by Gasteiger charge is -2.08. The summed E-state index contributed by atoms with van der Waals surface area (Å²) in [4.78, 5) is 0. The molecular weight excluding hydrogens is 250 g/mol. The van der Waals surface area contributed by atoms with E-state index in [1.807, 2.05) is 32.0 Å². The van der Waals surface area contributed by atoms with Crippen LogP contribution in [0.2, 0.25) is 0 Å². The van der Waals surface area contributed by atoms with Crippen LogP contribution < -0.4 is 4.72 Å². The van der Waals surface area contributed by atoms with Gasteiger partial charge in [0.05, 0.1) is 5.69 Å². The van der Waals surface area contributed by atoms with Crippen molar-refractivity contribution in [2.24, 2.45) is 0 Å². The van der Waals surface area contributed by atoms with Crippen LogP contribution in [0.4, 0.5) is 5.69 Å². The highest BCUT2D eigenvalue weighted by Crippen LogP contribution is 2.23. The van der Waals surface area contributed by atoms with E-state index in [0.29, 0.717) is 5.75 Å². The largest absolute Gasteiger partial charge is 0.305 e. The molecule has 4 heteroatoms. The van der Waals surface area contributed by atoms with Crippen molar-refractivity contribution in [1.82, 2.24) is 0 Å². The van der Waals surface area contributed by atoms with Crippen LogP contribution in [0.1, 0.15) is 12.5 Å².